The molecular formula is C18H20BrN3O2. The van der Waals surface area contributed by atoms with Gasteiger partial charge in [0.1, 0.15) is 0 Å². The number of carbonyl (C=O) groups excluding carboxylic acids is 1. The first-order chi connectivity index (χ1) is 11.5. The molecule has 1 amide bonds. The Morgan fingerprint density at radius 1 is 1.25 bits per heavy atom. The van der Waals surface area contributed by atoms with Gasteiger partial charge in [-0.2, -0.15) is 5.10 Å². The first-order valence-electron chi connectivity index (χ1n) is 7.40. The molecule has 5 nitrogen and oxygen atoms in total. The topological polar surface area (TPSA) is 53.9 Å². The number of amides is 1. The van der Waals surface area contributed by atoms with Gasteiger partial charge < -0.3 is 9.64 Å². The predicted octanol–water partition coefficient (Wildman–Crippen LogP) is 3.35. The summed E-state index contributed by atoms with van der Waals surface area (Å²) >= 11 is 3.52. The normalized spacial score (nSPS) is 12.2. The van der Waals surface area contributed by atoms with E-state index in [1.165, 1.54) is 7.11 Å². The van der Waals surface area contributed by atoms with Gasteiger partial charge in [0.05, 0.1) is 11.9 Å². The van der Waals surface area contributed by atoms with Gasteiger partial charge in [0.25, 0.3) is 5.91 Å². The smallest absolute Gasteiger partial charge is 0.273 e. The molecule has 1 N–H and O–H groups in total. The molecule has 6 heteroatoms. The van der Waals surface area contributed by atoms with Gasteiger partial charge in [-0.25, -0.2) is 5.43 Å². The van der Waals surface area contributed by atoms with E-state index in [9.17, 15) is 4.79 Å². The molecular weight excluding hydrogens is 370 g/mol. The Labute approximate surface area is 150 Å². The number of anilines is 1. The van der Waals surface area contributed by atoms with Gasteiger partial charge in [-0.3, -0.25) is 4.79 Å². The fourth-order valence-electron chi connectivity index (χ4n) is 2.22. The highest BCUT2D eigenvalue weighted by atomic mass is 79.9. The van der Waals surface area contributed by atoms with Crippen LogP contribution < -0.4 is 10.3 Å². The second kappa shape index (κ2) is 8.61. The summed E-state index contributed by atoms with van der Waals surface area (Å²) in [5, 5.41) is 4.01. The van der Waals surface area contributed by atoms with E-state index in [-0.39, 0.29) is 5.91 Å². The predicted molar refractivity (Wildman–Crippen MR) is 100 cm³/mol. The van der Waals surface area contributed by atoms with Crippen LogP contribution in [0.5, 0.6) is 0 Å². The van der Waals surface area contributed by atoms with Crippen LogP contribution in [0.4, 0.5) is 5.69 Å². The molecule has 0 aliphatic carbocycles. The van der Waals surface area contributed by atoms with Crippen molar-refractivity contribution in [2.75, 3.05) is 26.1 Å². The van der Waals surface area contributed by atoms with Gasteiger partial charge in [-0.15, -0.1) is 0 Å². The van der Waals surface area contributed by atoms with Crippen LogP contribution in [0.25, 0.3) is 0 Å². The van der Waals surface area contributed by atoms with Crippen molar-refractivity contribution < 1.29 is 9.53 Å². The average molecular weight is 390 g/mol. The summed E-state index contributed by atoms with van der Waals surface area (Å²) in [6.07, 6.45) is 0.908. The maximum Gasteiger partial charge on any atom is 0.273 e. The number of nitrogens with one attached hydrogen (secondary N) is 1. The number of nitrogens with zero attached hydrogens (tertiary/aromatic N) is 2. The summed E-state index contributed by atoms with van der Waals surface area (Å²) in [6.45, 7) is 0. The fraction of sp³-hybridized carbons (Fsp3) is 0.222. The summed E-state index contributed by atoms with van der Waals surface area (Å²) in [5.74, 6) is -0.316. The zero-order valence-corrected chi connectivity index (χ0v) is 15.4. The second-order valence-electron chi connectivity index (χ2n) is 5.37. The van der Waals surface area contributed by atoms with E-state index in [1.54, 1.807) is 6.21 Å². The molecule has 24 heavy (non-hydrogen) atoms. The van der Waals surface area contributed by atoms with Gasteiger partial charge in [-0.1, -0.05) is 36.4 Å². The van der Waals surface area contributed by atoms with E-state index in [2.05, 4.69) is 26.5 Å². The number of benzene rings is 2. The van der Waals surface area contributed by atoms with E-state index in [4.69, 9.17) is 4.74 Å². The Morgan fingerprint density at radius 2 is 1.96 bits per heavy atom. The van der Waals surface area contributed by atoms with Crippen molar-refractivity contribution in [1.82, 2.24) is 5.43 Å². The van der Waals surface area contributed by atoms with Crippen molar-refractivity contribution in [2.24, 2.45) is 5.10 Å². The first kappa shape index (κ1) is 18.2. The Morgan fingerprint density at radius 3 is 2.54 bits per heavy atom. The van der Waals surface area contributed by atoms with Crippen LogP contribution in [0.2, 0.25) is 0 Å². The van der Waals surface area contributed by atoms with Crippen molar-refractivity contribution in [2.45, 2.75) is 6.10 Å². The Hall–Kier alpha value is -2.18. The molecule has 0 aliphatic rings. The summed E-state index contributed by atoms with van der Waals surface area (Å²) in [5.41, 5.74) is 5.25. The number of halogens is 1. The molecule has 0 aromatic heterocycles. The van der Waals surface area contributed by atoms with Crippen molar-refractivity contribution in [1.29, 1.82) is 0 Å². The summed E-state index contributed by atoms with van der Waals surface area (Å²) in [6, 6.07) is 15.2. The lowest BCUT2D eigenvalue weighted by atomic mass is 10.1. The van der Waals surface area contributed by atoms with Crippen LogP contribution in [0.3, 0.4) is 0 Å². The minimum absolute atomic E-state index is 0.316. The highest BCUT2D eigenvalue weighted by Gasteiger charge is 2.19. The zero-order chi connectivity index (χ0) is 17.5. The Bertz CT molecular complexity index is 717. The minimum atomic E-state index is -0.689. The molecule has 1 atom stereocenters. The third kappa shape index (κ3) is 4.66. The van der Waals surface area contributed by atoms with Crippen molar-refractivity contribution in [3.8, 4) is 0 Å². The molecule has 0 fully saturated rings. The molecule has 0 spiro atoms. The molecule has 0 aliphatic heterocycles. The van der Waals surface area contributed by atoms with E-state index in [0.29, 0.717) is 0 Å². The minimum Gasteiger partial charge on any atom is -0.377 e. The highest BCUT2D eigenvalue weighted by Crippen LogP contribution is 2.25. The van der Waals surface area contributed by atoms with Gasteiger partial charge >= 0.3 is 0 Å². The Balaban J connectivity index is 2.03. The number of hydrogen-bond donors (Lipinski definition) is 1. The number of hydrazone groups is 1. The number of methoxy groups -OCH3 is 1. The highest BCUT2D eigenvalue weighted by molar-refractivity contribution is 9.10. The van der Waals surface area contributed by atoms with Gasteiger partial charge in [0, 0.05) is 25.7 Å². The molecule has 0 heterocycles. The lowest BCUT2D eigenvalue weighted by molar-refractivity contribution is -0.131. The van der Waals surface area contributed by atoms with E-state index < -0.39 is 6.10 Å². The molecule has 0 bridgehead atoms. The van der Waals surface area contributed by atoms with E-state index in [1.807, 2.05) is 67.5 Å². The Kier molecular flexibility index (Phi) is 6.52. The van der Waals surface area contributed by atoms with Crippen LogP contribution in [-0.4, -0.2) is 33.3 Å². The van der Waals surface area contributed by atoms with E-state index >= 15 is 0 Å². The SMILES string of the molecule is CO[C@H](C(=O)N/N=C\c1ccc(N(C)C)c(Br)c1)c1ccccc1. The van der Waals surface area contributed by atoms with Crippen LogP contribution in [0.15, 0.2) is 58.1 Å². The first-order valence-corrected chi connectivity index (χ1v) is 8.19. The number of carbonyl (C=O) groups is 1. The van der Waals surface area contributed by atoms with E-state index in [0.717, 1.165) is 21.3 Å². The van der Waals surface area contributed by atoms with Gasteiger partial charge in [0.15, 0.2) is 6.10 Å². The second-order valence-corrected chi connectivity index (χ2v) is 6.22. The quantitative estimate of drug-likeness (QED) is 0.608. The molecule has 0 radical (unpaired) electrons. The molecule has 2 aromatic rings. The van der Waals surface area contributed by atoms with Crippen molar-refractivity contribution >= 4 is 33.7 Å². The third-order valence-electron chi connectivity index (χ3n) is 3.42. The monoisotopic (exact) mass is 389 g/mol. The largest absolute Gasteiger partial charge is 0.377 e. The fourth-order valence-corrected chi connectivity index (χ4v) is 2.97. The molecule has 0 unspecified atom stereocenters. The lowest BCUT2D eigenvalue weighted by Crippen LogP contribution is -2.26. The van der Waals surface area contributed by atoms with Crippen molar-refractivity contribution in [3.63, 3.8) is 0 Å². The number of ether oxygens (including phenoxy) is 1. The van der Waals surface area contributed by atoms with Gasteiger partial charge in [-0.05, 0) is 39.2 Å². The van der Waals surface area contributed by atoms with Crippen LogP contribution in [0.1, 0.15) is 17.2 Å². The summed E-state index contributed by atoms with van der Waals surface area (Å²) in [7, 11) is 5.45. The maximum absolute atomic E-state index is 12.2. The standard InChI is InChI=1S/C18H20BrN3O2/c1-22(2)16-10-9-13(11-15(16)19)12-20-21-18(23)17(24-3)14-7-5-4-6-8-14/h4-12,17H,1-3H3,(H,21,23)/b20-12-/t17-/m0/s1. The lowest BCUT2D eigenvalue weighted by Gasteiger charge is -2.14. The summed E-state index contributed by atoms with van der Waals surface area (Å²) < 4.78 is 6.22. The molecule has 0 saturated carbocycles. The molecule has 0 saturated heterocycles. The average Bonchev–Trinajstić information content (AvgIpc) is 2.56. The molecule has 2 rings (SSSR count). The van der Waals surface area contributed by atoms with Gasteiger partial charge in [0.2, 0.25) is 0 Å². The van der Waals surface area contributed by atoms with Crippen LogP contribution >= 0.6 is 15.9 Å². The third-order valence-corrected chi connectivity index (χ3v) is 4.05. The molecule has 2 aromatic carbocycles. The number of rotatable bonds is 6. The van der Waals surface area contributed by atoms with Crippen LogP contribution in [-0.2, 0) is 9.53 Å². The van der Waals surface area contributed by atoms with Crippen molar-refractivity contribution in [3.05, 3.63) is 64.1 Å². The maximum atomic E-state index is 12.2. The summed E-state index contributed by atoms with van der Waals surface area (Å²) in [4.78, 5) is 14.2. The molecule has 126 valence electrons. The zero-order valence-electron chi connectivity index (χ0n) is 13.9. The number of hydrogen-bond acceptors (Lipinski definition) is 4. The van der Waals surface area contributed by atoms with Crippen LogP contribution in [0, 0.1) is 0 Å².